The van der Waals surface area contributed by atoms with E-state index < -0.39 is 0 Å². The first-order chi connectivity index (χ1) is 8.33. The summed E-state index contributed by atoms with van der Waals surface area (Å²) in [5.74, 6) is -0.323. The zero-order valence-electron chi connectivity index (χ0n) is 9.70. The molecule has 4 rings (SSSR count). The van der Waals surface area contributed by atoms with Crippen molar-refractivity contribution in [1.82, 2.24) is 4.98 Å². The molecule has 1 aromatic rings. The van der Waals surface area contributed by atoms with Crippen molar-refractivity contribution in [3.05, 3.63) is 10.6 Å². The number of hydrogen-bond donors (Lipinski definition) is 1. The van der Waals surface area contributed by atoms with Gasteiger partial charge in [-0.3, -0.25) is 0 Å². The van der Waals surface area contributed by atoms with Crippen molar-refractivity contribution in [2.75, 3.05) is 18.5 Å². The molecule has 3 aliphatic rings. The van der Waals surface area contributed by atoms with E-state index in [9.17, 15) is 0 Å². The van der Waals surface area contributed by atoms with Gasteiger partial charge >= 0.3 is 0 Å². The van der Waals surface area contributed by atoms with Crippen LogP contribution in [0.5, 0.6) is 0 Å². The first kappa shape index (κ1) is 10.3. The van der Waals surface area contributed by atoms with Crippen LogP contribution < -0.4 is 5.32 Å². The molecule has 1 spiro atoms. The Balaban J connectivity index is 1.56. The van der Waals surface area contributed by atoms with Gasteiger partial charge < -0.3 is 14.8 Å². The fourth-order valence-electron chi connectivity index (χ4n) is 2.57. The minimum Gasteiger partial charge on any atom is -0.359 e. The van der Waals surface area contributed by atoms with Gasteiger partial charge in [-0.15, -0.1) is 11.3 Å². The van der Waals surface area contributed by atoms with Crippen molar-refractivity contribution >= 4 is 16.5 Å². The third-order valence-electron chi connectivity index (χ3n) is 3.67. The lowest BCUT2D eigenvalue weighted by atomic mass is 9.96. The lowest BCUT2D eigenvalue weighted by Crippen LogP contribution is -2.36. The topological polar surface area (TPSA) is 43.4 Å². The molecule has 2 aliphatic carbocycles. The van der Waals surface area contributed by atoms with Crippen LogP contribution in [-0.4, -0.2) is 30.0 Å². The Bertz CT molecular complexity index is 436. The number of rotatable bonds is 2. The molecule has 0 bridgehead atoms. The Kier molecular flexibility index (Phi) is 2.22. The second-order valence-corrected chi connectivity index (χ2v) is 6.18. The summed E-state index contributed by atoms with van der Waals surface area (Å²) in [7, 11) is 0. The van der Waals surface area contributed by atoms with Crippen LogP contribution in [0.4, 0.5) is 5.13 Å². The van der Waals surface area contributed by atoms with Gasteiger partial charge in [0.15, 0.2) is 10.9 Å². The molecule has 2 fully saturated rings. The Morgan fingerprint density at radius 1 is 1.29 bits per heavy atom. The van der Waals surface area contributed by atoms with E-state index in [1.54, 1.807) is 11.3 Å². The molecule has 1 saturated heterocycles. The van der Waals surface area contributed by atoms with Crippen LogP contribution in [0.25, 0.3) is 0 Å². The van der Waals surface area contributed by atoms with E-state index in [0.29, 0.717) is 6.04 Å². The standard InChI is InChI=1S/C12H16N2O2S/c1-2-8(1)13-11-14-9-3-4-12(7-10(9)17-11)15-5-6-16-12/h8H,1-7H2,(H,13,14). The highest BCUT2D eigenvalue weighted by molar-refractivity contribution is 7.15. The Hall–Kier alpha value is -0.650. The van der Waals surface area contributed by atoms with E-state index in [0.717, 1.165) is 37.6 Å². The number of thiazole rings is 1. The van der Waals surface area contributed by atoms with Gasteiger partial charge in [0.1, 0.15) is 0 Å². The highest BCUT2D eigenvalue weighted by atomic mass is 32.1. The molecule has 1 aromatic heterocycles. The molecule has 4 nitrogen and oxygen atoms in total. The van der Waals surface area contributed by atoms with E-state index in [4.69, 9.17) is 9.47 Å². The molecular weight excluding hydrogens is 236 g/mol. The Labute approximate surface area is 104 Å². The highest BCUT2D eigenvalue weighted by Crippen LogP contribution is 2.39. The first-order valence-corrected chi connectivity index (χ1v) is 7.18. The van der Waals surface area contributed by atoms with Crippen molar-refractivity contribution < 1.29 is 9.47 Å². The van der Waals surface area contributed by atoms with Crippen LogP contribution in [0.2, 0.25) is 0 Å². The monoisotopic (exact) mass is 252 g/mol. The van der Waals surface area contributed by atoms with E-state index in [1.165, 1.54) is 23.4 Å². The predicted octanol–water partition coefficient (Wildman–Crippen LogP) is 1.95. The van der Waals surface area contributed by atoms with E-state index in [2.05, 4.69) is 10.3 Å². The van der Waals surface area contributed by atoms with Gasteiger partial charge in [0.05, 0.1) is 18.9 Å². The molecule has 2 heterocycles. The van der Waals surface area contributed by atoms with E-state index in [1.807, 2.05) is 0 Å². The summed E-state index contributed by atoms with van der Waals surface area (Å²) in [6, 6.07) is 0.676. The maximum absolute atomic E-state index is 5.78. The van der Waals surface area contributed by atoms with Gasteiger partial charge in [-0.2, -0.15) is 0 Å². The summed E-state index contributed by atoms with van der Waals surface area (Å²) in [6.07, 6.45) is 5.40. The molecule has 17 heavy (non-hydrogen) atoms. The molecule has 92 valence electrons. The average Bonchev–Trinajstić information content (AvgIpc) is 2.88. The number of anilines is 1. The summed E-state index contributed by atoms with van der Waals surface area (Å²) in [5, 5.41) is 4.57. The van der Waals surface area contributed by atoms with Gasteiger partial charge in [0.25, 0.3) is 0 Å². The van der Waals surface area contributed by atoms with Crippen molar-refractivity contribution in [2.45, 2.75) is 43.9 Å². The number of aryl methyl sites for hydroxylation is 1. The van der Waals surface area contributed by atoms with Crippen LogP contribution >= 0.6 is 11.3 Å². The molecule has 0 aromatic carbocycles. The van der Waals surface area contributed by atoms with Gasteiger partial charge in [-0.25, -0.2) is 4.98 Å². The van der Waals surface area contributed by atoms with Crippen molar-refractivity contribution in [2.24, 2.45) is 0 Å². The molecule has 5 heteroatoms. The quantitative estimate of drug-likeness (QED) is 0.873. The number of nitrogens with one attached hydrogen (secondary N) is 1. The van der Waals surface area contributed by atoms with Crippen LogP contribution in [0.1, 0.15) is 29.8 Å². The second kappa shape index (κ2) is 3.67. The molecular formula is C12H16N2O2S. The lowest BCUT2D eigenvalue weighted by Gasteiger charge is -2.30. The SMILES string of the molecule is C1COC2(CCc3nc(NC4CC4)sc3C2)O1. The molecule has 0 amide bonds. The molecule has 1 aliphatic heterocycles. The fraction of sp³-hybridized carbons (Fsp3) is 0.750. The number of hydrogen-bond acceptors (Lipinski definition) is 5. The second-order valence-electron chi connectivity index (χ2n) is 5.09. The molecule has 0 radical (unpaired) electrons. The number of aromatic nitrogens is 1. The molecule has 1 N–H and O–H groups in total. The normalized spacial score (nSPS) is 26.1. The Morgan fingerprint density at radius 2 is 2.12 bits per heavy atom. The number of ether oxygens (including phenoxy) is 2. The summed E-state index contributed by atoms with van der Waals surface area (Å²) < 4.78 is 11.6. The zero-order chi connectivity index (χ0) is 11.3. The third kappa shape index (κ3) is 1.86. The molecule has 1 saturated carbocycles. The number of nitrogens with zero attached hydrogens (tertiary/aromatic N) is 1. The Morgan fingerprint density at radius 3 is 2.88 bits per heavy atom. The lowest BCUT2D eigenvalue weighted by molar-refractivity contribution is -0.163. The van der Waals surface area contributed by atoms with Gasteiger partial charge in [0, 0.05) is 23.8 Å². The minimum absolute atomic E-state index is 0.323. The molecule has 0 unspecified atom stereocenters. The zero-order valence-corrected chi connectivity index (χ0v) is 10.5. The van der Waals surface area contributed by atoms with E-state index in [-0.39, 0.29) is 5.79 Å². The summed E-state index contributed by atoms with van der Waals surface area (Å²) in [6.45, 7) is 1.47. The summed E-state index contributed by atoms with van der Waals surface area (Å²) in [5.41, 5.74) is 1.25. The van der Waals surface area contributed by atoms with Crippen LogP contribution in [-0.2, 0) is 22.3 Å². The predicted molar refractivity (Wildman–Crippen MR) is 65.4 cm³/mol. The van der Waals surface area contributed by atoms with Crippen molar-refractivity contribution in [1.29, 1.82) is 0 Å². The summed E-state index contributed by atoms with van der Waals surface area (Å²) in [4.78, 5) is 6.03. The van der Waals surface area contributed by atoms with Crippen LogP contribution in [0.3, 0.4) is 0 Å². The molecule has 0 atom stereocenters. The largest absolute Gasteiger partial charge is 0.359 e. The minimum atomic E-state index is -0.323. The smallest absolute Gasteiger partial charge is 0.183 e. The van der Waals surface area contributed by atoms with Crippen LogP contribution in [0.15, 0.2) is 0 Å². The van der Waals surface area contributed by atoms with Crippen LogP contribution in [0, 0.1) is 0 Å². The fourth-order valence-corrected chi connectivity index (χ4v) is 3.74. The average molecular weight is 252 g/mol. The number of fused-ring (bicyclic) bond motifs is 1. The van der Waals surface area contributed by atoms with Crippen molar-refractivity contribution in [3.63, 3.8) is 0 Å². The van der Waals surface area contributed by atoms with Gasteiger partial charge in [-0.1, -0.05) is 0 Å². The highest BCUT2D eigenvalue weighted by Gasteiger charge is 2.41. The maximum Gasteiger partial charge on any atom is 0.183 e. The maximum atomic E-state index is 5.78. The van der Waals surface area contributed by atoms with Crippen molar-refractivity contribution in [3.8, 4) is 0 Å². The van der Waals surface area contributed by atoms with Gasteiger partial charge in [0.2, 0.25) is 0 Å². The van der Waals surface area contributed by atoms with Gasteiger partial charge in [-0.05, 0) is 19.3 Å². The first-order valence-electron chi connectivity index (χ1n) is 6.36. The summed E-state index contributed by atoms with van der Waals surface area (Å²) >= 11 is 1.78. The third-order valence-corrected chi connectivity index (χ3v) is 4.70. The van der Waals surface area contributed by atoms with E-state index >= 15 is 0 Å².